The SMILES string of the molecule is NC(=O)N[C@@H]1CNC[C@H]1c1ccccc1. The van der Waals surface area contributed by atoms with Crippen molar-refractivity contribution in [2.45, 2.75) is 12.0 Å². The van der Waals surface area contributed by atoms with Crippen molar-refractivity contribution < 1.29 is 4.79 Å². The first-order valence-electron chi connectivity index (χ1n) is 5.09. The molecule has 1 fully saturated rings. The zero-order valence-corrected chi connectivity index (χ0v) is 8.44. The molecule has 15 heavy (non-hydrogen) atoms. The number of nitrogens with one attached hydrogen (secondary N) is 2. The Bertz CT molecular complexity index is 339. The molecule has 2 rings (SSSR count). The molecule has 80 valence electrons. The van der Waals surface area contributed by atoms with E-state index in [-0.39, 0.29) is 6.04 Å². The van der Waals surface area contributed by atoms with Gasteiger partial charge >= 0.3 is 6.03 Å². The lowest BCUT2D eigenvalue weighted by atomic mass is 9.94. The van der Waals surface area contributed by atoms with Crippen LogP contribution in [0.3, 0.4) is 0 Å². The van der Waals surface area contributed by atoms with E-state index in [9.17, 15) is 4.79 Å². The number of carbonyl (C=O) groups is 1. The van der Waals surface area contributed by atoms with Crippen LogP contribution >= 0.6 is 0 Å². The molecule has 4 N–H and O–H groups in total. The summed E-state index contributed by atoms with van der Waals surface area (Å²) in [5.41, 5.74) is 6.37. The molecule has 1 heterocycles. The van der Waals surface area contributed by atoms with Gasteiger partial charge < -0.3 is 16.4 Å². The fourth-order valence-electron chi connectivity index (χ4n) is 2.06. The molecule has 1 aromatic rings. The standard InChI is InChI=1S/C11H15N3O/c12-11(15)14-10-7-13-6-9(10)8-4-2-1-3-5-8/h1-5,9-10,13H,6-7H2,(H3,12,14,15)/t9-,10+/m0/s1. The molecular weight excluding hydrogens is 190 g/mol. The summed E-state index contributed by atoms with van der Waals surface area (Å²) in [5, 5.41) is 6.02. The van der Waals surface area contributed by atoms with Crippen molar-refractivity contribution >= 4 is 6.03 Å². The molecule has 0 bridgehead atoms. The maximum atomic E-state index is 10.8. The lowest BCUT2D eigenvalue weighted by molar-refractivity contribution is 0.245. The third kappa shape index (κ3) is 2.27. The molecule has 4 heteroatoms. The number of hydrogen-bond acceptors (Lipinski definition) is 2. The largest absolute Gasteiger partial charge is 0.352 e. The minimum atomic E-state index is -0.454. The number of rotatable bonds is 2. The zero-order chi connectivity index (χ0) is 10.7. The summed E-state index contributed by atoms with van der Waals surface area (Å²) in [7, 11) is 0. The van der Waals surface area contributed by atoms with Crippen LogP contribution in [0.25, 0.3) is 0 Å². The van der Waals surface area contributed by atoms with E-state index in [1.807, 2.05) is 18.2 Å². The van der Waals surface area contributed by atoms with Crippen molar-refractivity contribution in [2.75, 3.05) is 13.1 Å². The van der Waals surface area contributed by atoms with E-state index in [0.717, 1.165) is 13.1 Å². The highest BCUT2D eigenvalue weighted by molar-refractivity contribution is 5.72. The fraction of sp³-hybridized carbons (Fsp3) is 0.364. The zero-order valence-electron chi connectivity index (χ0n) is 8.44. The molecule has 0 spiro atoms. The quantitative estimate of drug-likeness (QED) is 0.654. The third-order valence-corrected chi connectivity index (χ3v) is 2.77. The molecule has 0 aliphatic carbocycles. The van der Waals surface area contributed by atoms with E-state index >= 15 is 0 Å². The monoisotopic (exact) mass is 205 g/mol. The van der Waals surface area contributed by atoms with Crippen LogP contribution in [0.2, 0.25) is 0 Å². The lowest BCUT2D eigenvalue weighted by Gasteiger charge is -2.19. The molecule has 2 atom stereocenters. The van der Waals surface area contributed by atoms with Crippen molar-refractivity contribution in [3.05, 3.63) is 35.9 Å². The summed E-state index contributed by atoms with van der Waals surface area (Å²) in [6.45, 7) is 1.66. The minimum absolute atomic E-state index is 0.102. The molecular formula is C11H15N3O. The van der Waals surface area contributed by atoms with Crippen LogP contribution < -0.4 is 16.4 Å². The number of hydrogen-bond donors (Lipinski definition) is 3. The molecule has 1 aromatic carbocycles. The molecule has 1 saturated heterocycles. The highest BCUT2D eigenvalue weighted by Crippen LogP contribution is 2.22. The third-order valence-electron chi connectivity index (χ3n) is 2.77. The van der Waals surface area contributed by atoms with Crippen molar-refractivity contribution in [3.8, 4) is 0 Å². The van der Waals surface area contributed by atoms with Crippen molar-refractivity contribution in [1.29, 1.82) is 0 Å². The van der Waals surface area contributed by atoms with Crippen molar-refractivity contribution in [2.24, 2.45) is 5.73 Å². The summed E-state index contributed by atoms with van der Waals surface area (Å²) < 4.78 is 0. The topological polar surface area (TPSA) is 67.2 Å². The molecule has 1 aliphatic rings. The van der Waals surface area contributed by atoms with Crippen molar-refractivity contribution in [3.63, 3.8) is 0 Å². The fourth-order valence-corrected chi connectivity index (χ4v) is 2.06. The predicted molar refractivity (Wildman–Crippen MR) is 58.6 cm³/mol. The van der Waals surface area contributed by atoms with Gasteiger partial charge in [-0.3, -0.25) is 0 Å². The molecule has 1 aliphatic heterocycles. The van der Waals surface area contributed by atoms with Crippen LogP contribution in [-0.2, 0) is 0 Å². The van der Waals surface area contributed by atoms with Crippen LogP contribution in [0.4, 0.5) is 4.79 Å². The van der Waals surface area contributed by atoms with Crippen LogP contribution in [0.15, 0.2) is 30.3 Å². The van der Waals surface area contributed by atoms with Crippen LogP contribution in [0.5, 0.6) is 0 Å². The predicted octanol–water partition coefficient (Wildman–Crippen LogP) is 0.410. The first-order valence-corrected chi connectivity index (χ1v) is 5.09. The van der Waals surface area contributed by atoms with Gasteiger partial charge in [-0.05, 0) is 5.56 Å². The molecule has 0 radical (unpaired) electrons. The van der Waals surface area contributed by atoms with E-state index < -0.39 is 6.03 Å². The number of urea groups is 1. The van der Waals surface area contributed by atoms with Gasteiger partial charge in [0, 0.05) is 19.0 Å². The van der Waals surface area contributed by atoms with Gasteiger partial charge in [0.05, 0.1) is 6.04 Å². The van der Waals surface area contributed by atoms with Gasteiger partial charge in [0.2, 0.25) is 0 Å². The van der Waals surface area contributed by atoms with E-state index in [1.165, 1.54) is 5.56 Å². The number of nitrogens with two attached hydrogens (primary N) is 1. The van der Waals surface area contributed by atoms with E-state index in [2.05, 4.69) is 22.8 Å². The second-order valence-electron chi connectivity index (χ2n) is 3.79. The Hall–Kier alpha value is -1.55. The normalized spacial score (nSPS) is 25.1. The first-order chi connectivity index (χ1) is 7.27. The van der Waals surface area contributed by atoms with Gasteiger partial charge in [-0.15, -0.1) is 0 Å². The Morgan fingerprint density at radius 1 is 1.33 bits per heavy atom. The maximum absolute atomic E-state index is 10.8. The minimum Gasteiger partial charge on any atom is -0.352 e. The van der Waals surface area contributed by atoms with Gasteiger partial charge in [-0.25, -0.2) is 4.79 Å². The summed E-state index contributed by atoms with van der Waals surface area (Å²) in [4.78, 5) is 10.8. The van der Waals surface area contributed by atoms with Crippen LogP contribution in [-0.4, -0.2) is 25.2 Å². The Balaban J connectivity index is 2.11. The summed E-state index contributed by atoms with van der Waals surface area (Å²) >= 11 is 0. The molecule has 0 saturated carbocycles. The summed E-state index contributed by atoms with van der Waals surface area (Å²) in [6, 6.07) is 9.81. The average Bonchev–Trinajstić information content (AvgIpc) is 2.66. The van der Waals surface area contributed by atoms with Crippen LogP contribution in [0.1, 0.15) is 11.5 Å². The van der Waals surface area contributed by atoms with E-state index in [0.29, 0.717) is 5.92 Å². The number of benzene rings is 1. The Morgan fingerprint density at radius 3 is 2.73 bits per heavy atom. The highest BCUT2D eigenvalue weighted by Gasteiger charge is 2.28. The van der Waals surface area contributed by atoms with Crippen molar-refractivity contribution in [1.82, 2.24) is 10.6 Å². The Kier molecular flexibility index (Phi) is 2.87. The van der Waals surface area contributed by atoms with E-state index in [1.54, 1.807) is 0 Å². The van der Waals surface area contributed by atoms with Gasteiger partial charge in [0.1, 0.15) is 0 Å². The Morgan fingerprint density at radius 2 is 2.07 bits per heavy atom. The molecule has 2 amide bonds. The second kappa shape index (κ2) is 4.31. The second-order valence-corrected chi connectivity index (χ2v) is 3.79. The Labute approximate surface area is 88.9 Å². The van der Waals surface area contributed by atoms with Gasteiger partial charge in [-0.2, -0.15) is 0 Å². The first kappa shape index (κ1) is 9.98. The van der Waals surface area contributed by atoms with E-state index in [4.69, 9.17) is 5.73 Å². The summed E-state index contributed by atoms with van der Waals surface area (Å²) in [6.07, 6.45) is 0. The van der Waals surface area contributed by atoms with Crippen LogP contribution in [0, 0.1) is 0 Å². The number of carbonyl (C=O) groups excluding carboxylic acids is 1. The molecule has 0 aromatic heterocycles. The number of amides is 2. The number of primary amides is 1. The van der Waals surface area contributed by atoms with Gasteiger partial charge in [-0.1, -0.05) is 30.3 Å². The van der Waals surface area contributed by atoms with Gasteiger partial charge in [0.15, 0.2) is 0 Å². The smallest absolute Gasteiger partial charge is 0.312 e. The molecule has 4 nitrogen and oxygen atoms in total. The summed E-state index contributed by atoms with van der Waals surface area (Å²) in [5.74, 6) is 0.318. The maximum Gasteiger partial charge on any atom is 0.312 e. The molecule has 0 unspecified atom stereocenters. The highest BCUT2D eigenvalue weighted by atomic mass is 16.2. The van der Waals surface area contributed by atoms with Gasteiger partial charge in [0.25, 0.3) is 0 Å². The lowest BCUT2D eigenvalue weighted by Crippen LogP contribution is -2.42. The average molecular weight is 205 g/mol.